The van der Waals surface area contributed by atoms with E-state index in [-0.39, 0.29) is 30.4 Å². The van der Waals surface area contributed by atoms with Crippen LogP contribution in [0.15, 0.2) is 76.4 Å². The molecule has 4 heterocycles. The van der Waals surface area contributed by atoms with Gasteiger partial charge in [0.1, 0.15) is 11.8 Å². The first-order valence-corrected chi connectivity index (χ1v) is 13.2. The molecule has 0 N–H and O–H groups in total. The van der Waals surface area contributed by atoms with Crippen LogP contribution in [0, 0.1) is 6.92 Å². The average Bonchev–Trinajstić information content (AvgIpc) is 3.70. The number of likely N-dealkylation sites (tertiary alicyclic amines) is 1. The highest BCUT2D eigenvalue weighted by molar-refractivity contribution is 6.03. The van der Waals surface area contributed by atoms with E-state index in [1.165, 1.54) is 16.7 Å². The second kappa shape index (κ2) is 9.98. The Hall–Kier alpha value is -3.71. The van der Waals surface area contributed by atoms with Crippen molar-refractivity contribution in [3.63, 3.8) is 0 Å². The molecule has 7 nitrogen and oxygen atoms in total. The number of amides is 2. The summed E-state index contributed by atoms with van der Waals surface area (Å²) in [6.07, 6.45) is 4.93. The van der Waals surface area contributed by atoms with Gasteiger partial charge in [-0.2, -0.15) is 5.10 Å². The molecular formula is C30H32N4O3. The molecule has 3 aliphatic heterocycles. The maximum absolute atomic E-state index is 13.9. The van der Waals surface area contributed by atoms with Gasteiger partial charge in [0.05, 0.1) is 24.6 Å². The number of rotatable bonds is 5. The van der Waals surface area contributed by atoms with E-state index < -0.39 is 0 Å². The molecule has 0 aliphatic carbocycles. The lowest BCUT2D eigenvalue weighted by Gasteiger charge is -2.38. The molecule has 1 fully saturated rings. The predicted molar refractivity (Wildman–Crippen MR) is 141 cm³/mol. The smallest absolute Gasteiger partial charge is 0.257 e. The first-order valence-electron chi connectivity index (χ1n) is 13.2. The van der Waals surface area contributed by atoms with E-state index in [2.05, 4.69) is 31.2 Å². The SMILES string of the molecule is Cc1ccc(C2=NN(C(=O)CN3Cc4ccccc4C[C@@H]3C(=O)N3CCCC3)[C@H](c3ccco3)C2)cc1. The van der Waals surface area contributed by atoms with Crippen molar-refractivity contribution in [2.24, 2.45) is 5.10 Å². The molecule has 7 heteroatoms. The minimum absolute atomic E-state index is 0.123. The Balaban J connectivity index is 1.28. The van der Waals surface area contributed by atoms with Gasteiger partial charge in [-0.05, 0) is 55.0 Å². The molecule has 3 aliphatic rings. The fourth-order valence-corrected chi connectivity index (χ4v) is 5.74. The van der Waals surface area contributed by atoms with Crippen LogP contribution in [0.5, 0.6) is 0 Å². The normalized spacial score (nSPS) is 21.7. The molecule has 2 amide bonds. The molecule has 0 saturated carbocycles. The zero-order valence-corrected chi connectivity index (χ0v) is 21.2. The molecule has 3 aromatic rings. The number of nitrogens with zero attached hydrogens (tertiary/aromatic N) is 4. The van der Waals surface area contributed by atoms with Gasteiger partial charge < -0.3 is 9.32 Å². The molecule has 1 aromatic heterocycles. The van der Waals surface area contributed by atoms with E-state index in [1.54, 1.807) is 11.3 Å². The third-order valence-corrected chi connectivity index (χ3v) is 7.81. The fourth-order valence-electron chi connectivity index (χ4n) is 5.74. The highest BCUT2D eigenvalue weighted by Crippen LogP contribution is 2.34. The third-order valence-electron chi connectivity index (χ3n) is 7.81. The fraction of sp³-hybridized carbons (Fsp3) is 0.367. The van der Waals surface area contributed by atoms with Gasteiger partial charge in [-0.3, -0.25) is 14.5 Å². The van der Waals surface area contributed by atoms with Gasteiger partial charge in [0.2, 0.25) is 5.91 Å². The molecule has 2 aromatic carbocycles. The maximum atomic E-state index is 13.9. The quantitative estimate of drug-likeness (QED) is 0.528. The number of hydrogen-bond donors (Lipinski definition) is 0. The number of benzene rings is 2. The number of furan rings is 1. The molecular weight excluding hydrogens is 464 g/mol. The summed E-state index contributed by atoms with van der Waals surface area (Å²) in [5.41, 5.74) is 5.42. The monoisotopic (exact) mass is 496 g/mol. The Bertz CT molecular complexity index is 1310. The van der Waals surface area contributed by atoms with E-state index in [9.17, 15) is 9.59 Å². The third kappa shape index (κ3) is 4.71. The zero-order chi connectivity index (χ0) is 25.4. The highest BCUT2D eigenvalue weighted by atomic mass is 16.3. The maximum Gasteiger partial charge on any atom is 0.257 e. The van der Waals surface area contributed by atoms with Gasteiger partial charge in [0, 0.05) is 26.1 Å². The minimum atomic E-state index is -0.345. The van der Waals surface area contributed by atoms with Gasteiger partial charge in [-0.15, -0.1) is 0 Å². The number of fused-ring (bicyclic) bond motifs is 1. The van der Waals surface area contributed by atoms with Crippen LogP contribution >= 0.6 is 0 Å². The standard InChI is InChI=1S/C30H32N4O3/c1-21-10-12-22(13-11-21)25-18-26(28-9-6-16-37-28)34(31-25)29(35)20-33-19-24-8-3-2-7-23(24)17-27(33)30(36)32-14-4-5-15-32/h2-3,6-13,16,26-27H,4-5,14-15,17-20H2,1H3/t26-,27+/m0/s1. The van der Waals surface area contributed by atoms with Crippen LogP contribution in [0.4, 0.5) is 0 Å². The van der Waals surface area contributed by atoms with E-state index in [0.717, 1.165) is 37.2 Å². The topological polar surface area (TPSA) is 69.4 Å². The summed E-state index contributed by atoms with van der Waals surface area (Å²) in [6.45, 7) is 4.35. The molecule has 0 spiro atoms. The Labute approximate surface area is 217 Å². The predicted octanol–water partition coefficient (Wildman–Crippen LogP) is 4.32. The highest BCUT2D eigenvalue weighted by Gasteiger charge is 2.39. The van der Waals surface area contributed by atoms with Crippen LogP contribution in [0.3, 0.4) is 0 Å². The van der Waals surface area contributed by atoms with Gasteiger partial charge >= 0.3 is 0 Å². The summed E-state index contributed by atoms with van der Waals surface area (Å²) in [6, 6.07) is 19.6. The van der Waals surface area contributed by atoms with E-state index >= 15 is 0 Å². The molecule has 1 saturated heterocycles. The summed E-state index contributed by atoms with van der Waals surface area (Å²) >= 11 is 0. The van der Waals surface area contributed by atoms with Crippen molar-refractivity contribution in [3.05, 3.63) is 94.9 Å². The number of carbonyl (C=O) groups excluding carboxylic acids is 2. The Morgan fingerprint density at radius 3 is 2.43 bits per heavy atom. The van der Waals surface area contributed by atoms with E-state index in [0.29, 0.717) is 25.1 Å². The molecule has 0 radical (unpaired) electrons. The van der Waals surface area contributed by atoms with Crippen LogP contribution in [0.2, 0.25) is 0 Å². The number of aryl methyl sites for hydroxylation is 1. The number of hydrazone groups is 1. The van der Waals surface area contributed by atoms with Crippen LogP contribution in [-0.2, 0) is 22.6 Å². The lowest BCUT2D eigenvalue weighted by atomic mass is 9.93. The number of carbonyl (C=O) groups is 2. The zero-order valence-electron chi connectivity index (χ0n) is 21.2. The molecule has 37 heavy (non-hydrogen) atoms. The van der Waals surface area contributed by atoms with Crippen molar-refractivity contribution in [2.45, 2.75) is 51.2 Å². The lowest BCUT2D eigenvalue weighted by molar-refractivity contribution is -0.141. The van der Waals surface area contributed by atoms with Gasteiger partial charge in [0.25, 0.3) is 5.91 Å². The molecule has 0 unspecified atom stereocenters. The second-order valence-corrected chi connectivity index (χ2v) is 10.3. The van der Waals surface area contributed by atoms with Crippen molar-refractivity contribution in [3.8, 4) is 0 Å². The summed E-state index contributed by atoms with van der Waals surface area (Å²) in [5, 5.41) is 6.38. The second-order valence-electron chi connectivity index (χ2n) is 10.3. The van der Waals surface area contributed by atoms with Crippen LogP contribution in [0.25, 0.3) is 0 Å². The largest absolute Gasteiger partial charge is 0.467 e. The van der Waals surface area contributed by atoms with Crippen molar-refractivity contribution < 1.29 is 14.0 Å². The Morgan fingerprint density at radius 2 is 1.70 bits per heavy atom. The van der Waals surface area contributed by atoms with Crippen LogP contribution in [-0.4, -0.2) is 58.0 Å². The summed E-state index contributed by atoms with van der Waals surface area (Å²) in [4.78, 5) is 31.4. The van der Waals surface area contributed by atoms with Crippen molar-refractivity contribution in [2.75, 3.05) is 19.6 Å². The average molecular weight is 497 g/mol. The van der Waals surface area contributed by atoms with Gasteiger partial charge in [-0.25, -0.2) is 5.01 Å². The van der Waals surface area contributed by atoms with Gasteiger partial charge in [-0.1, -0.05) is 54.1 Å². The summed E-state index contributed by atoms with van der Waals surface area (Å²) in [7, 11) is 0. The first-order chi connectivity index (χ1) is 18.1. The summed E-state index contributed by atoms with van der Waals surface area (Å²) in [5.74, 6) is 0.725. The summed E-state index contributed by atoms with van der Waals surface area (Å²) < 4.78 is 5.72. The first kappa shape index (κ1) is 23.7. The lowest BCUT2D eigenvalue weighted by Crippen LogP contribution is -2.53. The number of hydrogen-bond acceptors (Lipinski definition) is 5. The van der Waals surface area contributed by atoms with E-state index in [4.69, 9.17) is 9.52 Å². The molecule has 2 atom stereocenters. The van der Waals surface area contributed by atoms with Gasteiger partial charge in [0.15, 0.2) is 0 Å². The van der Waals surface area contributed by atoms with Crippen molar-refractivity contribution in [1.82, 2.24) is 14.8 Å². The molecule has 0 bridgehead atoms. The van der Waals surface area contributed by atoms with Crippen LogP contribution in [0.1, 0.15) is 53.3 Å². The Morgan fingerprint density at radius 1 is 0.946 bits per heavy atom. The Kier molecular flexibility index (Phi) is 6.38. The van der Waals surface area contributed by atoms with E-state index in [1.807, 2.05) is 46.2 Å². The van der Waals surface area contributed by atoms with Crippen molar-refractivity contribution >= 4 is 17.5 Å². The van der Waals surface area contributed by atoms with Crippen molar-refractivity contribution in [1.29, 1.82) is 0 Å². The molecule has 6 rings (SSSR count). The molecule has 190 valence electrons. The minimum Gasteiger partial charge on any atom is -0.467 e. The van der Waals surface area contributed by atoms with Crippen LogP contribution < -0.4 is 0 Å².